The summed E-state index contributed by atoms with van der Waals surface area (Å²) < 4.78 is 34.0. The van der Waals surface area contributed by atoms with Crippen molar-refractivity contribution < 1.29 is 23.2 Å². The number of phenolic OH excluding ortho intramolecular Hbond substituents is 2. The van der Waals surface area contributed by atoms with Crippen LogP contribution in [0.15, 0.2) is 54.6 Å². The van der Waals surface area contributed by atoms with Gasteiger partial charge in [0.05, 0.1) is 0 Å². The van der Waals surface area contributed by atoms with E-state index in [0.29, 0.717) is 0 Å². The molecule has 0 saturated carbocycles. The van der Waals surface area contributed by atoms with E-state index in [1.54, 1.807) is 0 Å². The minimum atomic E-state index is -5.09. The molecule has 0 amide bonds. The van der Waals surface area contributed by atoms with Crippen LogP contribution in [0.5, 0.6) is 11.5 Å². The first-order valence-corrected chi connectivity index (χ1v) is 10.8. The van der Waals surface area contributed by atoms with Crippen LogP contribution in [0.2, 0.25) is 20.1 Å². The lowest BCUT2D eigenvalue weighted by Crippen LogP contribution is -2.39. The van der Waals surface area contributed by atoms with Gasteiger partial charge in [-0.2, -0.15) is 8.42 Å². The van der Waals surface area contributed by atoms with Crippen molar-refractivity contribution in [1.82, 2.24) is 0 Å². The van der Waals surface area contributed by atoms with Crippen LogP contribution >= 0.6 is 46.4 Å². The third kappa shape index (κ3) is 3.89. The molecule has 10 heteroatoms. The van der Waals surface area contributed by atoms with Gasteiger partial charge in [0, 0.05) is 31.7 Å². The van der Waals surface area contributed by atoms with Crippen molar-refractivity contribution in [3.8, 4) is 11.5 Å². The zero-order valence-corrected chi connectivity index (χ0v) is 18.1. The van der Waals surface area contributed by atoms with E-state index in [4.69, 9.17) is 46.4 Å². The van der Waals surface area contributed by atoms with E-state index in [0.717, 1.165) is 18.2 Å². The molecule has 0 aliphatic heterocycles. The highest BCUT2D eigenvalue weighted by Gasteiger charge is 2.51. The monoisotopic (exact) mass is 492 g/mol. The molecule has 0 aliphatic carbocycles. The van der Waals surface area contributed by atoms with E-state index in [-0.39, 0.29) is 36.8 Å². The lowest BCUT2D eigenvalue weighted by atomic mass is 9.83. The molecule has 3 aromatic rings. The summed E-state index contributed by atoms with van der Waals surface area (Å²) in [6.45, 7) is 0. The first-order chi connectivity index (χ1) is 13.5. The number of phenols is 2. The van der Waals surface area contributed by atoms with Crippen LogP contribution in [0.3, 0.4) is 0 Å². The van der Waals surface area contributed by atoms with Gasteiger partial charge in [-0.15, -0.1) is 0 Å². The summed E-state index contributed by atoms with van der Waals surface area (Å²) in [5.41, 5.74) is -0.463. The number of benzene rings is 3. The molecule has 0 fully saturated rings. The van der Waals surface area contributed by atoms with Crippen LogP contribution in [0, 0.1) is 0 Å². The van der Waals surface area contributed by atoms with Gasteiger partial charge in [0.15, 0.2) is 4.75 Å². The Hall–Kier alpha value is -1.67. The van der Waals surface area contributed by atoms with Crippen molar-refractivity contribution in [2.75, 3.05) is 0 Å². The van der Waals surface area contributed by atoms with E-state index >= 15 is 0 Å². The maximum absolute atomic E-state index is 13.0. The molecule has 1 atom stereocenters. The van der Waals surface area contributed by atoms with Crippen molar-refractivity contribution in [2.24, 2.45) is 0 Å². The Morgan fingerprint density at radius 1 is 0.724 bits per heavy atom. The van der Waals surface area contributed by atoms with Crippen molar-refractivity contribution >= 4 is 56.5 Å². The Labute approximate surface area is 186 Å². The summed E-state index contributed by atoms with van der Waals surface area (Å²) in [5, 5.41) is 20.0. The van der Waals surface area contributed by atoms with Crippen molar-refractivity contribution in [3.63, 3.8) is 0 Å². The quantitative estimate of drug-likeness (QED) is 0.311. The third-order valence-electron chi connectivity index (χ3n) is 4.29. The highest BCUT2D eigenvalue weighted by atomic mass is 35.5. The maximum Gasteiger partial charge on any atom is 0.283 e. The maximum atomic E-state index is 13.0. The Morgan fingerprint density at radius 2 is 1.28 bits per heavy atom. The molecule has 5 nitrogen and oxygen atoms in total. The van der Waals surface area contributed by atoms with Crippen molar-refractivity contribution in [1.29, 1.82) is 0 Å². The lowest BCUT2D eigenvalue weighted by Gasteiger charge is -2.34. The van der Waals surface area contributed by atoms with Gasteiger partial charge in [0.25, 0.3) is 10.1 Å². The Balaban J connectivity index is 2.63. The fourth-order valence-electron chi connectivity index (χ4n) is 3.27. The summed E-state index contributed by atoms with van der Waals surface area (Å²) in [6, 6.07) is 11.3. The zero-order chi connectivity index (χ0) is 21.6. The summed E-state index contributed by atoms with van der Waals surface area (Å²) in [4.78, 5) is 0. The van der Waals surface area contributed by atoms with Gasteiger partial charge >= 0.3 is 0 Å². The van der Waals surface area contributed by atoms with Crippen molar-refractivity contribution in [2.45, 2.75) is 4.75 Å². The van der Waals surface area contributed by atoms with Crippen molar-refractivity contribution in [3.05, 3.63) is 91.4 Å². The molecule has 1 unspecified atom stereocenters. The Morgan fingerprint density at radius 3 is 1.76 bits per heavy atom. The van der Waals surface area contributed by atoms with E-state index in [9.17, 15) is 23.2 Å². The van der Waals surface area contributed by atoms with Crippen LogP contribution in [-0.2, 0) is 14.9 Å². The van der Waals surface area contributed by atoms with Crippen LogP contribution in [-0.4, -0.2) is 23.2 Å². The van der Waals surface area contributed by atoms with Gasteiger partial charge in [-0.3, -0.25) is 4.55 Å². The molecular weight excluding hydrogens is 482 g/mol. The van der Waals surface area contributed by atoms with Gasteiger partial charge in [-0.05, 0) is 47.5 Å². The second-order valence-electron chi connectivity index (χ2n) is 6.15. The first-order valence-electron chi connectivity index (χ1n) is 7.88. The zero-order valence-electron chi connectivity index (χ0n) is 14.3. The number of hydrogen-bond donors (Lipinski definition) is 3. The average molecular weight is 494 g/mol. The molecule has 152 valence electrons. The Bertz CT molecular complexity index is 1170. The molecule has 0 spiro atoms. The lowest BCUT2D eigenvalue weighted by molar-refractivity contribution is 0.444. The largest absolute Gasteiger partial charge is 0.508 e. The molecule has 0 heterocycles. The molecule has 3 aromatic carbocycles. The summed E-state index contributed by atoms with van der Waals surface area (Å²) in [7, 11) is -5.09. The smallest absolute Gasteiger partial charge is 0.283 e. The highest BCUT2D eigenvalue weighted by molar-refractivity contribution is 7.87. The van der Waals surface area contributed by atoms with E-state index < -0.39 is 26.4 Å². The number of rotatable bonds is 4. The highest BCUT2D eigenvalue weighted by Crippen LogP contribution is 2.51. The average Bonchev–Trinajstić information content (AvgIpc) is 2.55. The SMILES string of the molecule is O=S(=O)(O)C(c1cc(O)cc(O)c1)(c1cccc(Cl)c1)c1c(Cl)cc(Cl)cc1Cl. The van der Waals surface area contributed by atoms with Gasteiger partial charge in [0.2, 0.25) is 0 Å². The summed E-state index contributed by atoms with van der Waals surface area (Å²) in [5.74, 6) is -0.896. The summed E-state index contributed by atoms with van der Waals surface area (Å²) in [6.07, 6.45) is 0. The van der Waals surface area contributed by atoms with Gasteiger partial charge in [0.1, 0.15) is 11.5 Å². The topological polar surface area (TPSA) is 94.8 Å². The molecule has 0 aromatic heterocycles. The molecule has 29 heavy (non-hydrogen) atoms. The van der Waals surface area contributed by atoms with Crippen LogP contribution < -0.4 is 0 Å². The minimum Gasteiger partial charge on any atom is -0.508 e. The Kier molecular flexibility index (Phi) is 5.98. The van der Waals surface area contributed by atoms with Crippen LogP contribution in [0.1, 0.15) is 16.7 Å². The van der Waals surface area contributed by atoms with Gasteiger partial charge < -0.3 is 10.2 Å². The molecular formula is C19H12Cl4O5S. The van der Waals surface area contributed by atoms with E-state index in [1.165, 1.54) is 36.4 Å². The molecule has 3 N–H and O–H groups in total. The number of hydrogen-bond acceptors (Lipinski definition) is 4. The van der Waals surface area contributed by atoms with E-state index in [2.05, 4.69) is 0 Å². The fourth-order valence-corrected chi connectivity index (χ4v) is 5.99. The first kappa shape index (κ1) is 22.0. The summed E-state index contributed by atoms with van der Waals surface area (Å²) >= 11 is 24.7. The van der Waals surface area contributed by atoms with Crippen LogP contribution in [0.25, 0.3) is 0 Å². The molecule has 0 saturated heterocycles. The fraction of sp³-hybridized carbons (Fsp3) is 0.0526. The minimum absolute atomic E-state index is 0.0244. The predicted molar refractivity (Wildman–Crippen MR) is 114 cm³/mol. The van der Waals surface area contributed by atoms with Gasteiger partial charge in [-0.1, -0.05) is 58.5 Å². The second kappa shape index (κ2) is 7.87. The third-order valence-corrected chi connectivity index (χ3v) is 6.78. The predicted octanol–water partition coefficient (Wildman–Crippen LogP) is 5.89. The molecule has 3 rings (SSSR count). The normalized spacial score (nSPS) is 13.8. The number of halogens is 4. The van der Waals surface area contributed by atoms with Gasteiger partial charge in [-0.25, -0.2) is 0 Å². The molecule has 0 bridgehead atoms. The van der Waals surface area contributed by atoms with E-state index in [1.807, 2.05) is 0 Å². The molecule has 0 aliphatic rings. The number of aromatic hydroxyl groups is 2. The molecule has 0 radical (unpaired) electrons. The second-order valence-corrected chi connectivity index (χ2v) is 9.40. The van der Waals surface area contributed by atoms with Crippen LogP contribution in [0.4, 0.5) is 0 Å². The standard InChI is InChI=1S/C19H12Cl4O5S/c20-12-3-1-2-10(4-12)19(29(26,27)28,11-5-14(24)9-15(25)6-11)18-16(22)7-13(21)8-17(18)23/h1-9,24-25H,(H,26,27,28).